The van der Waals surface area contributed by atoms with Gasteiger partial charge in [0.15, 0.2) is 0 Å². The lowest BCUT2D eigenvalue weighted by atomic mass is 9.88. The molecule has 2 aliphatic heterocycles. The Morgan fingerprint density at radius 2 is 1.76 bits per heavy atom. The van der Waals surface area contributed by atoms with Gasteiger partial charge in [-0.25, -0.2) is 4.79 Å². The number of nitrogens with one attached hydrogen (secondary N) is 2. The van der Waals surface area contributed by atoms with Crippen LogP contribution in [-0.4, -0.2) is 52.0 Å². The molecule has 0 bridgehead atoms. The average Bonchev–Trinajstić information content (AvgIpc) is 3.32. The minimum Gasteiger partial charge on any atom is -0.306 e. The standard InChI is InChI=1S/C22H27ClN4OS/c23-18-7-12-29-21(18)14-26-8-5-17(6-9-26)27-10-3-15(4-11-27)16-1-2-19-20(13-16)25-22(28)24-19/h1-2,7,12-13,15,17H,3-6,8-11,14H2,(H2,24,25,28). The molecule has 3 aromatic rings. The van der Waals surface area contributed by atoms with Crippen LogP contribution in [0.1, 0.15) is 42.0 Å². The van der Waals surface area contributed by atoms with Crippen LogP contribution in [0.15, 0.2) is 34.4 Å². The second-order valence-electron chi connectivity index (χ2n) is 8.39. The number of aromatic nitrogens is 2. The van der Waals surface area contributed by atoms with Crippen LogP contribution in [0.5, 0.6) is 0 Å². The number of thiophene rings is 1. The average molecular weight is 431 g/mol. The molecule has 0 amide bonds. The molecular formula is C22H27ClN4OS. The van der Waals surface area contributed by atoms with Crippen molar-refractivity contribution in [2.45, 2.75) is 44.2 Å². The fourth-order valence-electron chi connectivity index (χ4n) is 4.99. The summed E-state index contributed by atoms with van der Waals surface area (Å²) in [6, 6.07) is 9.09. The molecule has 0 saturated carbocycles. The van der Waals surface area contributed by atoms with Crippen LogP contribution in [0.3, 0.4) is 0 Å². The first-order valence-corrected chi connectivity index (χ1v) is 11.8. The van der Waals surface area contributed by atoms with E-state index in [4.69, 9.17) is 11.6 Å². The van der Waals surface area contributed by atoms with E-state index in [1.807, 2.05) is 12.1 Å². The number of nitrogens with zero attached hydrogens (tertiary/aromatic N) is 2. The summed E-state index contributed by atoms with van der Waals surface area (Å²) in [5.41, 5.74) is 3.05. The summed E-state index contributed by atoms with van der Waals surface area (Å²) >= 11 is 8.03. The number of halogens is 1. The van der Waals surface area contributed by atoms with E-state index < -0.39 is 0 Å². The van der Waals surface area contributed by atoms with Gasteiger partial charge in [0.05, 0.1) is 16.1 Å². The Hall–Kier alpha value is -1.60. The molecule has 5 rings (SSSR count). The predicted molar refractivity (Wildman–Crippen MR) is 120 cm³/mol. The van der Waals surface area contributed by atoms with Gasteiger partial charge < -0.3 is 14.9 Å². The van der Waals surface area contributed by atoms with Gasteiger partial charge in [0.1, 0.15) is 0 Å². The summed E-state index contributed by atoms with van der Waals surface area (Å²) in [4.78, 5) is 23.8. The number of rotatable bonds is 4. The van der Waals surface area contributed by atoms with Gasteiger partial charge in [-0.2, -0.15) is 0 Å². The SMILES string of the molecule is O=c1[nH]c2ccc(C3CCN(C4CCN(Cc5sccc5Cl)CC4)CC3)cc2[nH]1. The van der Waals surface area contributed by atoms with Gasteiger partial charge >= 0.3 is 5.69 Å². The largest absolute Gasteiger partial charge is 0.323 e. The van der Waals surface area contributed by atoms with Crippen LogP contribution in [0.2, 0.25) is 5.02 Å². The topological polar surface area (TPSA) is 55.1 Å². The minimum atomic E-state index is -0.125. The molecule has 2 fully saturated rings. The maximum Gasteiger partial charge on any atom is 0.323 e. The van der Waals surface area contributed by atoms with Gasteiger partial charge in [-0.1, -0.05) is 17.7 Å². The van der Waals surface area contributed by atoms with E-state index in [0.717, 1.165) is 41.7 Å². The van der Waals surface area contributed by atoms with Gasteiger partial charge in [-0.15, -0.1) is 11.3 Å². The van der Waals surface area contributed by atoms with E-state index in [9.17, 15) is 4.79 Å². The molecule has 1 aromatic carbocycles. The monoisotopic (exact) mass is 430 g/mol. The van der Waals surface area contributed by atoms with Crippen molar-refractivity contribution >= 4 is 34.0 Å². The number of likely N-dealkylation sites (tertiary alicyclic amines) is 2. The van der Waals surface area contributed by atoms with Crippen LogP contribution in [0, 0.1) is 0 Å². The molecule has 0 radical (unpaired) electrons. The third-order valence-electron chi connectivity index (χ3n) is 6.67. The minimum absolute atomic E-state index is 0.125. The number of H-pyrrole nitrogens is 2. The van der Waals surface area contributed by atoms with Gasteiger partial charge in [0, 0.05) is 30.6 Å². The number of hydrogen-bond donors (Lipinski definition) is 2. The molecule has 0 aliphatic carbocycles. The number of piperidine rings is 2. The molecule has 0 atom stereocenters. The second kappa shape index (κ2) is 8.26. The number of aromatic amines is 2. The molecule has 154 valence electrons. The first-order chi connectivity index (χ1) is 14.2. The van der Waals surface area contributed by atoms with Crippen molar-refractivity contribution < 1.29 is 0 Å². The lowest BCUT2D eigenvalue weighted by molar-refractivity contribution is 0.0850. The van der Waals surface area contributed by atoms with E-state index in [0.29, 0.717) is 5.92 Å². The normalized spacial score (nSPS) is 20.6. The molecule has 29 heavy (non-hydrogen) atoms. The summed E-state index contributed by atoms with van der Waals surface area (Å²) < 4.78 is 0. The van der Waals surface area contributed by atoms with Crippen LogP contribution in [-0.2, 0) is 6.54 Å². The number of benzene rings is 1. The molecule has 4 heterocycles. The van der Waals surface area contributed by atoms with Gasteiger partial charge in [-0.3, -0.25) is 4.90 Å². The second-order valence-corrected chi connectivity index (χ2v) is 9.80. The van der Waals surface area contributed by atoms with E-state index in [2.05, 4.69) is 37.3 Å². The Balaban J connectivity index is 1.14. The quantitative estimate of drug-likeness (QED) is 0.644. The first-order valence-electron chi connectivity index (χ1n) is 10.6. The maximum atomic E-state index is 11.5. The molecule has 7 heteroatoms. The fraction of sp³-hybridized carbons (Fsp3) is 0.500. The Labute approximate surface area is 179 Å². The summed E-state index contributed by atoms with van der Waals surface area (Å²) in [5.74, 6) is 0.593. The van der Waals surface area contributed by atoms with Crippen molar-refractivity contribution in [3.05, 3.63) is 55.6 Å². The van der Waals surface area contributed by atoms with E-state index in [-0.39, 0.29) is 5.69 Å². The van der Waals surface area contributed by atoms with Gasteiger partial charge in [-0.05, 0) is 73.8 Å². The molecule has 0 spiro atoms. The van der Waals surface area contributed by atoms with Crippen LogP contribution in [0.4, 0.5) is 0 Å². The third-order valence-corrected chi connectivity index (χ3v) is 8.04. The smallest absolute Gasteiger partial charge is 0.306 e. The highest BCUT2D eigenvalue weighted by Crippen LogP contribution is 2.32. The molecular weight excluding hydrogens is 404 g/mol. The Bertz CT molecular complexity index is 1020. The van der Waals surface area contributed by atoms with E-state index >= 15 is 0 Å². The summed E-state index contributed by atoms with van der Waals surface area (Å²) in [7, 11) is 0. The fourth-order valence-corrected chi connectivity index (χ4v) is 6.12. The molecule has 2 saturated heterocycles. The predicted octanol–water partition coefficient (Wildman–Crippen LogP) is 4.42. The van der Waals surface area contributed by atoms with Crippen molar-refractivity contribution in [1.29, 1.82) is 0 Å². The lowest BCUT2D eigenvalue weighted by Gasteiger charge is -2.42. The highest BCUT2D eigenvalue weighted by atomic mass is 35.5. The van der Waals surface area contributed by atoms with Crippen molar-refractivity contribution in [3.8, 4) is 0 Å². The summed E-state index contributed by atoms with van der Waals surface area (Å²) in [6.07, 6.45) is 4.91. The highest BCUT2D eigenvalue weighted by Gasteiger charge is 2.29. The van der Waals surface area contributed by atoms with Gasteiger partial charge in [0.25, 0.3) is 0 Å². The molecule has 0 unspecified atom stereocenters. The number of imidazole rings is 1. The number of fused-ring (bicyclic) bond motifs is 1. The van der Waals surface area contributed by atoms with Crippen molar-refractivity contribution in [2.24, 2.45) is 0 Å². The molecule has 2 aromatic heterocycles. The molecule has 2 aliphatic rings. The first kappa shape index (κ1) is 19.4. The number of hydrogen-bond acceptors (Lipinski definition) is 4. The van der Waals surface area contributed by atoms with Gasteiger partial charge in [0.2, 0.25) is 0 Å². The zero-order valence-electron chi connectivity index (χ0n) is 16.5. The molecule has 5 nitrogen and oxygen atoms in total. The Morgan fingerprint density at radius 3 is 2.48 bits per heavy atom. The summed E-state index contributed by atoms with van der Waals surface area (Å²) in [5, 5.41) is 3.00. The zero-order chi connectivity index (χ0) is 19.8. The third kappa shape index (κ3) is 4.17. The highest BCUT2D eigenvalue weighted by molar-refractivity contribution is 7.10. The van der Waals surface area contributed by atoms with Crippen molar-refractivity contribution in [1.82, 2.24) is 19.8 Å². The van der Waals surface area contributed by atoms with Crippen LogP contribution in [0.25, 0.3) is 11.0 Å². The van der Waals surface area contributed by atoms with E-state index in [1.54, 1.807) is 11.3 Å². The van der Waals surface area contributed by atoms with Crippen molar-refractivity contribution in [2.75, 3.05) is 26.2 Å². The lowest BCUT2D eigenvalue weighted by Crippen LogP contribution is -2.47. The van der Waals surface area contributed by atoms with Crippen molar-refractivity contribution in [3.63, 3.8) is 0 Å². The van der Waals surface area contributed by atoms with Crippen LogP contribution < -0.4 is 5.69 Å². The summed E-state index contributed by atoms with van der Waals surface area (Å²) in [6.45, 7) is 5.67. The van der Waals surface area contributed by atoms with E-state index in [1.165, 1.54) is 49.2 Å². The Morgan fingerprint density at radius 1 is 1.00 bits per heavy atom. The van der Waals surface area contributed by atoms with Crippen LogP contribution >= 0.6 is 22.9 Å². The molecule has 2 N–H and O–H groups in total. The Kier molecular flexibility index (Phi) is 5.52. The zero-order valence-corrected chi connectivity index (χ0v) is 18.1. The maximum absolute atomic E-state index is 11.5.